The van der Waals surface area contributed by atoms with Crippen LogP contribution in [-0.2, 0) is 16.6 Å². The first-order valence-corrected chi connectivity index (χ1v) is 12.7. The van der Waals surface area contributed by atoms with E-state index in [1.165, 1.54) is 16.4 Å². The van der Waals surface area contributed by atoms with E-state index in [-0.39, 0.29) is 17.3 Å². The van der Waals surface area contributed by atoms with E-state index in [1.807, 2.05) is 31.2 Å². The van der Waals surface area contributed by atoms with Crippen LogP contribution < -0.4 is 13.8 Å². The Kier molecular flexibility index (Phi) is 7.07. The lowest BCUT2D eigenvalue weighted by Crippen LogP contribution is -2.32. The van der Waals surface area contributed by atoms with Crippen LogP contribution in [-0.4, -0.2) is 45.5 Å². The van der Waals surface area contributed by atoms with Crippen molar-refractivity contribution in [3.63, 3.8) is 0 Å². The van der Waals surface area contributed by atoms with E-state index < -0.39 is 10.0 Å². The number of para-hydroxylation sites is 2. The normalized spacial score (nSPS) is 12.8. The molecule has 3 aromatic rings. The molecular formula is C26H28N2O5S. The molecular weight excluding hydrogens is 452 g/mol. The predicted octanol–water partition coefficient (Wildman–Crippen LogP) is 4.34. The Balaban J connectivity index is 1.61. The number of nitrogens with zero attached hydrogens (tertiary/aromatic N) is 2. The van der Waals surface area contributed by atoms with Gasteiger partial charge in [0.25, 0.3) is 15.9 Å². The molecule has 7 nitrogen and oxygen atoms in total. The third-order valence-corrected chi connectivity index (χ3v) is 7.58. The van der Waals surface area contributed by atoms with Crippen molar-refractivity contribution in [3.8, 4) is 11.5 Å². The summed E-state index contributed by atoms with van der Waals surface area (Å²) in [5, 5.41) is 0. The Morgan fingerprint density at radius 1 is 0.882 bits per heavy atom. The molecule has 3 aromatic carbocycles. The van der Waals surface area contributed by atoms with E-state index in [0.29, 0.717) is 49.1 Å². The van der Waals surface area contributed by atoms with Gasteiger partial charge in [-0.15, -0.1) is 0 Å². The highest BCUT2D eigenvalue weighted by molar-refractivity contribution is 7.92. The molecule has 0 N–H and O–H groups in total. The number of hydrogen-bond acceptors (Lipinski definition) is 5. The highest BCUT2D eigenvalue weighted by Gasteiger charge is 2.26. The maximum atomic E-state index is 13.4. The minimum atomic E-state index is -3.84. The quantitative estimate of drug-likeness (QED) is 0.480. The summed E-state index contributed by atoms with van der Waals surface area (Å²) in [5.41, 5.74) is 1.74. The Bertz CT molecular complexity index is 1260. The molecule has 1 aliphatic heterocycles. The summed E-state index contributed by atoms with van der Waals surface area (Å²) in [4.78, 5) is 15.1. The van der Waals surface area contributed by atoms with Crippen LogP contribution in [0, 0.1) is 0 Å². The zero-order chi connectivity index (χ0) is 24.1. The topological polar surface area (TPSA) is 76.1 Å². The second-order valence-corrected chi connectivity index (χ2v) is 9.66. The van der Waals surface area contributed by atoms with E-state index in [4.69, 9.17) is 9.47 Å². The lowest BCUT2D eigenvalue weighted by Gasteiger charge is -2.26. The first-order chi connectivity index (χ1) is 16.5. The molecule has 0 saturated carbocycles. The van der Waals surface area contributed by atoms with Crippen molar-refractivity contribution < 1.29 is 22.7 Å². The number of rotatable bonds is 8. The summed E-state index contributed by atoms with van der Waals surface area (Å²) in [6, 6.07) is 20.8. The molecule has 0 aliphatic carbocycles. The summed E-state index contributed by atoms with van der Waals surface area (Å²) < 4.78 is 39.6. The van der Waals surface area contributed by atoms with Crippen LogP contribution in [0.5, 0.6) is 11.5 Å². The number of benzene rings is 3. The lowest BCUT2D eigenvalue weighted by molar-refractivity contribution is 0.0749. The SMILES string of the molecule is CCN(Cc1cccc2c1OCCO2)C(=O)c1cccc(S(=O)(=O)N(CC)c2ccccc2)c1. The minimum Gasteiger partial charge on any atom is -0.486 e. The average Bonchev–Trinajstić information content (AvgIpc) is 2.88. The van der Waals surface area contributed by atoms with Gasteiger partial charge < -0.3 is 14.4 Å². The third kappa shape index (κ3) is 4.72. The Morgan fingerprint density at radius 3 is 2.35 bits per heavy atom. The average molecular weight is 481 g/mol. The van der Waals surface area contributed by atoms with Gasteiger partial charge in [-0.1, -0.05) is 36.4 Å². The lowest BCUT2D eigenvalue weighted by atomic mass is 10.1. The van der Waals surface area contributed by atoms with Gasteiger partial charge in [0.15, 0.2) is 11.5 Å². The van der Waals surface area contributed by atoms with Gasteiger partial charge in [0.2, 0.25) is 0 Å². The van der Waals surface area contributed by atoms with E-state index >= 15 is 0 Å². The monoisotopic (exact) mass is 480 g/mol. The smallest absolute Gasteiger partial charge is 0.264 e. The van der Waals surface area contributed by atoms with Gasteiger partial charge in [-0.3, -0.25) is 9.10 Å². The van der Waals surface area contributed by atoms with Crippen molar-refractivity contribution in [2.45, 2.75) is 25.3 Å². The Labute approximate surface area is 200 Å². The first kappa shape index (κ1) is 23.6. The molecule has 1 amide bonds. The van der Waals surface area contributed by atoms with Gasteiger partial charge in [0.05, 0.1) is 10.6 Å². The van der Waals surface area contributed by atoms with Crippen LogP contribution in [0.1, 0.15) is 29.8 Å². The van der Waals surface area contributed by atoms with Crippen LogP contribution in [0.25, 0.3) is 0 Å². The molecule has 178 valence electrons. The molecule has 0 saturated heterocycles. The summed E-state index contributed by atoms with van der Waals surface area (Å²) in [6.07, 6.45) is 0. The Hall–Kier alpha value is -3.52. The van der Waals surface area contributed by atoms with Crippen LogP contribution >= 0.6 is 0 Å². The number of ether oxygens (including phenoxy) is 2. The number of fused-ring (bicyclic) bond motifs is 1. The zero-order valence-corrected chi connectivity index (χ0v) is 20.1. The molecule has 0 aromatic heterocycles. The number of amides is 1. The zero-order valence-electron chi connectivity index (χ0n) is 19.3. The Morgan fingerprint density at radius 2 is 1.62 bits per heavy atom. The number of carbonyl (C=O) groups excluding carboxylic acids is 1. The van der Waals surface area contributed by atoms with Gasteiger partial charge in [-0.2, -0.15) is 0 Å². The van der Waals surface area contributed by atoms with Crippen molar-refractivity contribution >= 4 is 21.6 Å². The van der Waals surface area contributed by atoms with Crippen LogP contribution in [0.15, 0.2) is 77.7 Å². The summed E-state index contributed by atoms with van der Waals surface area (Å²) in [6.45, 7) is 5.66. The highest BCUT2D eigenvalue weighted by Crippen LogP contribution is 2.34. The highest BCUT2D eigenvalue weighted by atomic mass is 32.2. The molecule has 0 unspecified atom stereocenters. The fourth-order valence-electron chi connectivity index (χ4n) is 3.98. The second-order valence-electron chi connectivity index (χ2n) is 7.79. The molecule has 0 bridgehead atoms. The van der Waals surface area contributed by atoms with Crippen LogP contribution in [0.3, 0.4) is 0 Å². The maximum Gasteiger partial charge on any atom is 0.264 e. The summed E-state index contributed by atoms with van der Waals surface area (Å²) in [5.74, 6) is 1.07. The molecule has 34 heavy (non-hydrogen) atoms. The van der Waals surface area contributed by atoms with Crippen molar-refractivity contribution in [1.82, 2.24) is 4.90 Å². The van der Waals surface area contributed by atoms with Crippen molar-refractivity contribution in [2.75, 3.05) is 30.6 Å². The van der Waals surface area contributed by atoms with Crippen molar-refractivity contribution in [1.29, 1.82) is 0 Å². The van der Waals surface area contributed by atoms with Crippen molar-refractivity contribution in [2.24, 2.45) is 0 Å². The van der Waals surface area contributed by atoms with Gasteiger partial charge >= 0.3 is 0 Å². The second kappa shape index (κ2) is 10.2. The largest absolute Gasteiger partial charge is 0.486 e. The molecule has 1 heterocycles. The van der Waals surface area contributed by atoms with Gasteiger partial charge in [0.1, 0.15) is 13.2 Å². The van der Waals surface area contributed by atoms with Crippen molar-refractivity contribution in [3.05, 3.63) is 83.9 Å². The number of carbonyl (C=O) groups is 1. The number of hydrogen-bond donors (Lipinski definition) is 0. The van der Waals surface area contributed by atoms with Gasteiger partial charge in [-0.05, 0) is 50.2 Å². The number of anilines is 1. The van der Waals surface area contributed by atoms with E-state index in [2.05, 4.69) is 0 Å². The van der Waals surface area contributed by atoms with E-state index in [9.17, 15) is 13.2 Å². The van der Waals surface area contributed by atoms with Crippen LogP contribution in [0.4, 0.5) is 5.69 Å². The summed E-state index contributed by atoms with van der Waals surface area (Å²) >= 11 is 0. The molecule has 0 spiro atoms. The molecule has 0 radical (unpaired) electrons. The van der Waals surface area contributed by atoms with Gasteiger partial charge in [0, 0.05) is 30.8 Å². The third-order valence-electron chi connectivity index (χ3n) is 5.68. The van der Waals surface area contributed by atoms with Gasteiger partial charge in [-0.25, -0.2) is 8.42 Å². The minimum absolute atomic E-state index is 0.0777. The summed E-state index contributed by atoms with van der Waals surface area (Å²) in [7, 11) is -3.84. The molecule has 4 rings (SSSR count). The molecule has 0 fully saturated rings. The fourth-order valence-corrected chi connectivity index (χ4v) is 5.50. The fraction of sp³-hybridized carbons (Fsp3) is 0.269. The molecule has 0 atom stereocenters. The van der Waals surface area contributed by atoms with Crippen LogP contribution in [0.2, 0.25) is 0 Å². The standard InChI is InChI=1S/C26H28N2O5S/c1-3-27(19-21-11-9-15-24-25(21)33-17-16-32-24)26(29)20-10-8-14-23(18-20)34(30,31)28(4-2)22-12-6-5-7-13-22/h5-15,18H,3-4,16-17,19H2,1-2H3. The number of sulfonamides is 1. The predicted molar refractivity (Wildman–Crippen MR) is 131 cm³/mol. The first-order valence-electron chi connectivity index (χ1n) is 11.3. The van der Waals surface area contributed by atoms with E-state index in [1.54, 1.807) is 48.2 Å². The maximum absolute atomic E-state index is 13.4. The van der Waals surface area contributed by atoms with E-state index in [0.717, 1.165) is 5.56 Å². The molecule has 1 aliphatic rings. The molecule has 8 heteroatoms.